The summed E-state index contributed by atoms with van der Waals surface area (Å²) < 4.78 is 34.7. The van der Waals surface area contributed by atoms with Crippen molar-refractivity contribution in [1.29, 1.82) is 0 Å². The van der Waals surface area contributed by atoms with Crippen LogP contribution in [0.4, 0.5) is 4.39 Å². The molecule has 0 amide bonds. The molecule has 0 aromatic heterocycles. The Hall–Kier alpha value is -0.980. The molecule has 0 aliphatic rings. The molecule has 1 rings (SSSR count). The quantitative estimate of drug-likeness (QED) is 0.702. The Balaban J connectivity index is 3.27. The standard InChI is InChI=1S/C7H8FNO3S/c1-5-4-6(2-3-7(5)8)13(11,12)9-10/h2-4,9-10H,1H3. The molecule has 4 nitrogen and oxygen atoms in total. The van der Waals surface area contributed by atoms with Crippen molar-refractivity contribution in [3.63, 3.8) is 0 Å². The van der Waals surface area contributed by atoms with Gasteiger partial charge < -0.3 is 5.21 Å². The lowest BCUT2D eigenvalue weighted by molar-refractivity contribution is 0.242. The zero-order chi connectivity index (χ0) is 10.1. The first-order valence-electron chi connectivity index (χ1n) is 3.39. The Labute approximate surface area is 75.0 Å². The highest BCUT2D eigenvalue weighted by molar-refractivity contribution is 7.89. The molecule has 13 heavy (non-hydrogen) atoms. The van der Waals surface area contributed by atoms with E-state index in [9.17, 15) is 12.8 Å². The zero-order valence-electron chi connectivity index (χ0n) is 6.78. The molecule has 1 aromatic rings. The van der Waals surface area contributed by atoms with Crippen LogP contribution in [0.25, 0.3) is 0 Å². The van der Waals surface area contributed by atoms with Gasteiger partial charge in [-0.2, -0.15) is 0 Å². The number of hydrogen-bond donors (Lipinski definition) is 2. The lowest BCUT2D eigenvalue weighted by Crippen LogP contribution is -2.19. The molecule has 72 valence electrons. The largest absolute Gasteiger partial charge is 0.302 e. The monoisotopic (exact) mass is 205 g/mol. The third-order valence-corrected chi connectivity index (χ3v) is 2.67. The Morgan fingerprint density at radius 3 is 2.54 bits per heavy atom. The molecule has 0 fully saturated rings. The first-order valence-corrected chi connectivity index (χ1v) is 4.88. The molecule has 0 heterocycles. The summed E-state index contributed by atoms with van der Waals surface area (Å²) in [7, 11) is -3.90. The van der Waals surface area contributed by atoms with Gasteiger partial charge in [0.05, 0.1) is 4.90 Å². The fourth-order valence-electron chi connectivity index (χ4n) is 0.837. The summed E-state index contributed by atoms with van der Waals surface area (Å²) in [6.45, 7) is 1.44. The van der Waals surface area contributed by atoms with E-state index in [1.54, 1.807) is 0 Å². The van der Waals surface area contributed by atoms with Crippen LogP contribution in [0.5, 0.6) is 0 Å². The second-order valence-electron chi connectivity index (χ2n) is 2.51. The average molecular weight is 205 g/mol. The van der Waals surface area contributed by atoms with Crippen molar-refractivity contribution < 1.29 is 18.0 Å². The Morgan fingerprint density at radius 1 is 1.46 bits per heavy atom. The van der Waals surface area contributed by atoms with Crippen molar-refractivity contribution in [1.82, 2.24) is 4.89 Å². The average Bonchev–Trinajstić information content (AvgIpc) is 2.09. The molecule has 6 heteroatoms. The molecule has 1 aromatic carbocycles. The number of hydrogen-bond acceptors (Lipinski definition) is 3. The van der Waals surface area contributed by atoms with Crippen molar-refractivity contribution in [2.24, 2.45) is 0 Å². The Morgan fingerprint density at radius 2 is 2.08 bits per heavy atom. The van der Waals surface area contributed by atoms with Crippen molar-refractivity contribution in [3.05, 3.63) is 29.6 Å². The molecule has 0 saturated heterocycles. The highest BCUT2D eigenvalue weighted by Gasteiger charge is 2.13. The zero-order valence-corrected chi connectivity index (χ0v) is 7.60. The van der Waals surface area contributed by atoms with Crippen molar-refractivity contribution >= 4 is 10.0 Å². The van der Waals surface area contributed by atoms with Crippen molar-refractivity contribution in [3.8, 4) is 0 Å². The van der Waals surface area contributed by atoms with Gasteiger partial charge in [0, 0.05) is 0 Å². The Bertz CT molecular complexity index is 416. The number of sulfonamides is 1. The van der Waals surface area contributed by atoms with Crippen LogP contribution >= 0.6 is 0 Å². The topological polar surface area (TPSA) is 66.4 Å². The van der Waals surface area contributed by atoms with E-state index in [2.05, 4.69) is 0 Å². The van der Waals surface area contributed by atoms with Gasteiger partial charge >= 0.3 is 0 Å². The van der Waals surface area contributed by atoms with E-state index in [-0.39, 0.29) is 10.5 Å². The van der Waals surface area contributed by atoms with Gasteiger partial charge in [0.2, 0.25) is 0 Å². The molecule has 2 N–H and O–H groups in total. The molecule has 0 atom stereocenters. The van der Waals surface area contributed by atoms with Crippen LogP contribution in [0.3, 0.4) is 0 Å². The lowest BCUT2D eigenvalue weighted by Gasteiger charge is -2.02. The van der Waals surface area contributed by atoms with Crippen molar-refractivity contribution in [2.45, 2.75) is 11.8 Å². The van der Waals surface area contributed by atoms with Crippen LogP contribution < -0.4 is 4.89 Å². The summed E-state index contributed by atoms with van der Waals surface area (Å²) in [6, 6.07) is 3.23. The second kappa shape index (κ2) is 3.41. The third kappa shape index (κ3) is 2.03. The minimum atomic E-state index is -3.90. The van der Waals surface area contributed by atoms with Gasteiger partial charge in [0.15, 0.2) is 0 Å². The highest BCUT2D eigenvalue weighted by atomic mass is 32.2. The maximum Gasteiger partial charge on any atom is 0.262 e. The summed E-state index contributed by atoms with van der Waals surface area (Å²) in [5, 5.41) is 8.28. The third-order valence-electron chi connectivity index (χ3n) is 1.56. The van der Waals surface area contributed by atoms with Crippen LogP contribution in [0.2, 0.25) is 0 Å². The van der Waals surface area contributed by atoms with Crippen LogP contribution in [0, 0.1) is 12.7 Å². The molecule has 0 aliphatic heterocycles. The maximum atomic E-state index is 12.7. The number of benzene rings is 1. The van der Waals surface area contributed by atoms with Crippen LogP contribution in [-0.4, -0.2) is 13.6 Å². The van der Waals surface area contributed by atoms with E-state index in [0.29, 0.717) is 0 Å². The predicted molar refractivity (Wildman–Crippen MR) is 43.2 cm³/mol. The molecule has 0 unspecified atom stereocenters. The smallest absolute Gasteiger partial charge is 0.262 e. The summed E-state index contributed by atoms with van der Waals surface area (Å²) in [6.07, 6.45) is 0. The molecule has 0 aliphatic carbocycles. The van der Waals surface area contributed by atoms with E-state index < -0.39 is 15.8 Å². The van der Waals surface area contributed by atoms with Gasteiger partial charge in [-0.05, 0) is 30.7 Å². The second-order valence-corrected chi connectivity index (χ2v) is 4.17. The summed E-state index contributed by atoms with van der Waals surface area (Å²) in [5.74, 6) is -0.489. The first kappa shape index (κ1) is 10.1. The van der Waals surface area contributed by atoms with E-state index in [1.807, 2.05) is 0 Å². The molecule has 0 radical (unpaired) electrons. The van der Waals surface area contributed by atoms with E-state index in [0.717, 1.165) is 23.1 Å². The molecular formula is C7H8FNO3S. The van der Waals surface area contributed by atoms with Crippen LogP contribution in [-0.2, 0) is 10.0 Å². The summed E-state index contributed by atoms with van der Waals surface area (Å²) in [4.78, 5) is 0.982. The van der Waals surface area contributed by atoms with E-state index >= 15 is 0 Å². The fourth-order valence-corrected chi connectivity index (χ4v) is 1.52. The number of rotatable bonds is 2. The summed E-state index contributed by atoms with van der Waals surface area (Å²) >= 11 is 0. The fraction of sp³-hybridized carbons (Fsp3) is 0.143. The minimum absolute atomic E-state index is 0.172. The van der Waals surface area contributed by atoms with Gasteiger partial charge in [-0.3, -0.25) is 0 Å². The normalized spacial score (nSPS) is 11.6. The lowest BCUT2D eigenvalue weighted by atomic mass is 10.2. The number of nitrogens with one attached hydrogen (secondary N) is 1. The highest BCUT2D eigenvalue weighted by Crippen LogP contribution is 2.13. The number of halogens is 1. The Kier molecular flexibility index (Phi) is 2.65. The van der Waals surface area contributed by atoms with Crippen molar-refractivity contribution in [2.75, 3.05) is 0 Å². The van der Waals surface area contributed by atoms with Gasteiger partial charge in [-0.1, -0.05) is 4.89 Å². The predicted octanol–water partition coefficient (Wildman–Crippen LogP) is 0.802. The summed E-state index contributed by atoms with van der Waals surface area (Å²) in [5.41, 5.74) is 0.205. The number of aryl methyl sites for hydroxylation is 1. The van der Waals surface area contributed by atoms with Crippen LogP contribution in [0.1, 0.15) is 5.56 Å². The van der Waals surface area contributed by atoms with E-state index in [1.165, 1.54) is 6.92 Å². The van der Waals surface area contributed by atoms with Gasteiger partial charge in [-0.15, -0.1) is 0 Å². The van der Waals surface area contributed by atoms with Gasteiger partial charge in [-0.25, -0.2) is 12.8 Å². The molecule has 0 saturated carbocycles. The van der Waals surface area contributed by atoms with Crippen LogP contribution in [0.15, 0.2) is 23.1 Å². The SMILES string of the molecule is Cc1cc(S(=O)(=O)NO)ccc1F. The van der Waals surface area contributed by atoms with E-state index in [4.69, 9.17) is 5.21 Å². The van der Waals surface area contributed by atoms with Gasteiger partial charge in [0.1, 0.15) is 5.82 Å². The first-order chi connectivity index (χ1) is 5.97. The molecule has 0 spiro atoms. The molecular weight excluding hydrogens is 197 g/mol. The molecule has 0 bridgehead atoms. The van der Waals surface area contributed by atoms with Gasteiger partial charge in [0.25, 0.3) is 10.0 Å². The minimum Gasteiger partial charge on any atom is -0.302 e. The maximum absolute atomic E-state index is 12.7.